The van der Waals surface area contributed by atoms with Crippen molar-refractivity contribution in [3.63, 3.8) is 0 Å². The molecule has 64 heavy (non-hydrogen) atoms. The Balaban J connectivity index is 1.04. The molecule has 0 unspecified atom stereocenters. The van der Waals surface area contributed by atoms with Gasteiger partial charge < -0.3 is 20.1 Å². The van der Waals surface area contributed by atoms with Crippen molar-refractivity contribution < 1.29 is 28.7 Å². The summed E-state index contributed by atoms with van der Waals surface area (Å²) in [6, 6.07) is 52.8. The van der Waals surface area contributed by atoms with Gasteiger partial charge in [0.25, 0.3) is 0 Å². The van der Waals surface area contributed by atoms with E-state index in [1.165, 1.54) is 12.2 Å². The third-order valence-electron chi connectivity index (χ3n) is 10.4. The zero-order valence-electron chi connectivity index (χ0n) is 34.5. The van der Waals surface area contributed by atoms with Crippen LogP contribution in [0.1, 0.15) is 43.0 Å². The predicted octanol–water partition coefficient (Wildman–Crippen LogP) is 12.7. The van der Waals surface area contributed by atoms with Crippen LogP contribution in [-0.4, -0.2) is 23.8 Å². The molecule has 0 aliphatic heterocycles. The second-order valence-corrected chi connectivity index (χ2v) is 14.6. The first-order valence-electron chi connectivity index (χ1n) is 20.4. The first-order valence-corrected chi connectivity index (χ1v) is 20.4. The molecule has 0 aromatic heterocycles. The number of hydrogen-bond acceptors (Lipinski definition) is 6. The summed E-state index contributed by atoms with van der Waals surface area (Å²) in [6.07, 6.45) is 10.7. The number of ether oxygens (including phenoxy) is 2. The molecular weight excluding hydrogens is 797 g/mol. The summed E-state index contributed by atoms with van der Waals surface area (Å²) in [6.45, 7) is 6.90. The van der Waals surface area contributed by atoms with Crippen LogP contribution in [0.25, 0.3) is 57.0 Å². The minimum absolute atomic E-state index is 0.337. The van der Waals surface area contributed by atoms with Crippen molar-refractivity contribution in [1.29, 1.82) is 0 Å². The molecule has 8 nitrogen and oxygen atoms in total. The van der Waals surface area contributed by atoms with Crippen LogP contribution in [0, 0.1) is 0 Å². The molecule has 0 atom stereocenters. The van der Waals surface area contributed by atoms with E-state index in [0.29, 0.717) is 34.0 Å². The molecule has 8 aromatic rings. The zero-order valence-corrected chi connectivity index (χ0v) is 34.5. The summed E-state index contributed by atoms with van der Waals surface area (Å²) in [5.41, 5.74) is 7.85. The summed E-state index contributed by atoms with van der Waals surface area (Å²) in [7, 11) is 0. The van der Waals surface area contributed by atoms with Gasteiger partial charge in [-0.15, -0.1) is 0 Å². The highest BCUT2D eigenvalue weighted by Gasteiger charge is 2.16. The van der Waals surface area contributed by atoms with Gasteiger partial charge in [-0.05, 0) is 140 Å². The molecule has 0 bridgehead atoms. The van der Waals surface area contributed by atoms with Crippen LogP contribution < -0.4 is 20.1 Å². The Kier molecular flexibility index (Phi) is 12.6. The molecule has 8 aromatic carbocycles. The van der Waals surface area contributed by atoms with Gasteiger partial charge in [-0.3, -0.25) is 9.59 Å². The molecular formula is C56H40N2O6. The fourth-order valence-electron chi connectivity index (χ4n) is 7.18. The zero-order chi connectivity index (χ0) is 44.4. The summed E-state index contributed by atoms with van der Waals surface area (Å²) < 4.78 is 11.3. The van der Waals surface area contributed by atoms with E-state index in [1.54, 1.807) is 72.8 Å². The average molecular weight is 837 g/mol. The van der Waals surface area contributed by atoms with E-state index in [1.807, 2.05) is 48.6 Å². The number of carbonyl (C=O) groups is 4. The number of esters is 2. The number of benzene rings is 8. The van der Waals surface area contributed by atoms with Crippen LogP contribution in [-0.2, 0) is 9.59 Å². The van der Waals surface area contributed by atoms with Gasteiger partial charge in [0.15, 0.2) is 0 Å². The minimum Gasteiger partial charge on any atom is -0.423 e. The van der Waals surface area contributed by atoms with Crippen LogP contribution in [0.2, 0.25) is 0 Å². The Bertz CT molecular complexity index is 2910. The quantitative estimate of drug-likeness (QED) is 0.0518. The Morgan fingerprint density at radius 1 is 0.406 bits per heavy atom. The van der Waals surface area contributed by atoms with E-state index in [2.05, 4.69) is 96.6 Å². The summed E-state index contributed by atoms with van der Waals surface area (Å²) >= 11 is 0. The molecule has 0 saturated heterocycles. The van der Waals surface area contributed by atoms with Gasteiger partial charge in [-0.2, -0.15) is 0 Å². The molecule has 8 heteroatoms. The highest BCUT2D eigenvalue weighted by atomic mass is 16.5. The van der Waals surface area contributed by atoms with E-state index in [0.717, 1.165) is 54.9 Å². The fourth-order valence-corrected chi connectivity index (χ4v) is 7.18. The normalized spacial score (nSPS) is 11.1. The molecule has 0 saturated carbocycles. The van der Waals surface area contributed by atoms with Crippen molar-refractivity contribution in [2.45, 2.75) is 0 Å². The van der Waals surface area contributed by atoms with Crippen LogP contribution in [0.3, 0.4) is 0 Å². The van der Waals surface area contributed by atoms with Crippen LogP contribution >= 0.6 is 0 Å². The van der Waals surface area contributed by atoms with Crippen LogP contribution in [0.5, 0.6) is 11.5 Å². The van der Waals surface area contributed by atoms with Crippen molar-refractivity contribution in [3.05, 3.63) is 229 Å². The number of hydrogen-bond donors (Lipinski definition) is 2. The number of carbonyl (C=O) groups excluding carboxylic acids is 4. The standard InChI is InChI=1S/C56H40N2O6/c1-3-51(59)57-45-29-25-43(26-30-45)55(61)63-47-33-15-37(16-34-47)13-19-41-23-21-39-9-5-7-11-49(39)53(41)54-42(24-22-40-10-6-8-12-50(40)54)20-14-38-17-35-48(36-18-38)64-56(62)44-27-31-46(32-28-44)58-52(60)4-2/h3-36H,1-2H2,(H,57,59)(H,58,60)/b19-13-,20-14-. The summed E-state index contributed by atoms with van der Waals surface area (Å²) in [5, 5.41) is 9.75. The van der Waals surface area contributed by atoms with E-state index in [4.69, 9.17) is 9.47 Å². The Morgan fingerprint density at radius 2 is 0.781 bits per heavy atom. The SMILES string of the molecule is C=CC(=O)Nc1ccc(C(=O)Oc2ccc(/C=C\c3ccc4ccccc4c3-c3c(/C=C\c4ccc(OC(=O)c5ccc(NC(=O)C=C)cc5)cc4)ccc4ccccc34)cc2)cc1. The van der Waals surface area contributed by atoms with Crippen LogP contribution in [0.15, 0.2) is 195 Å². The Labute approximate surface area is 370 Å². The molecule has 0 radical (unpaired) electrons. The van der Waals surface area contributed by atoms with Crippen molar-refractivity contribution in [2.24, 2.45) is 0 Å². The first-order chi connectivity index (χ1) is 31.2. The lowest BCUT2D eigenvalue weighted by Gasteiger charge is -2.17. The topological polar surface area (TPSA) is 111 Å². The maximum atomic E-state index is 12.9. The van der Waals surface area contributed by atoms with E-state index in [9.17, 15) is 19.2 Å². The van der Waals surface area contributed by atoms with Crippen molar-refractivity contribution in [3.8, 4) is 22.6 Å². The van der Waals surface area contributed by atoms with Gasteiger partial charge in [0.2, 0.25) is 11.8 Å². The lowest BCUT2D eigenvalue weighted by atomic mass is 9.86. The number of nitrogens with one attached hydrogen (secondary N) is 2. The maximum Gasteiger partial charge on any atom is 0.343 e. The van der Waals surface area contributed by atoms with Gasteiger partial charge in [0.05, 0.1) is 11.1 Å². The summed E-state index contributed by atoms with van der Waals surface area (Å²) in [5.74, 6) is -0.896. The van der Waals surface area contributed by atoms with E-state index >= 15 is 0 Å². The van der Waals surface area contributed by atoms with E-state index < -0.39 is 11.9 Å². The molecule has 0 fully saturated rings. The average Bonchev–Trinajstić information content (AvgIpc) is 3.33. The van der Waals surface area contributed by atoms with Crippen molar-refractivity contribution in [1.82, 2.24) is 0 Å². The molecule has 0 spiro atoms. The Morgan fingerprint density at radius 3 is 1.16 bits per heavy atom. The summed E-state index contributed by atoms with van der Waals surface area (Å²) in [4.78, 5) is 49.0. The highest BCUT2D eigenvalue weighted by molar-refractivity contribution is 6.11. The molecule has 0 aliphatic rings. The van der Waals surface area contributed by atoms with Crippen molar-refractivity contribution in [2.75, 3.05) is 10.6 Å². The largest absolute Gasteiger partial charge is 0.423 e. The van der Waals surface area contributed by atoms with Gasteiger partial charge in [-0.25, -0.2) is 9.59 Å². The number of fused-ring (bicyclic) bond motifs is 2. The second kappa shape index (κ2) is 19.2. The molecule has 2 N–H and O–H groups in total. The smallest absolute Gasteiger partial charge is 0.343 e. The maximum absolute atomic E-state index is 12.9. The molecule has 2 amide bonds. The lowest BCUT2D eigenvalue weighted by Crippen LogP contribution is -2.10. The van der Waals surface area contributed by atoms with Crippen LogP contribution in [0.4, 0.5) is 11.4 Å². The Hall–Kier alpha value is -8.88. The first kappa shape index (κ1) is 41.8. The minimum atomic E-state index is -0.513. The number of amides is 2. The monoisotopic (exact) mass is 836 g/mol. The third-order valence-corrected chi connectivity index (χ3v) is 10.4. The van der Waals surface area contributed by atoms with E-state index in [-0.39, 0.29) is 11.8 Å². The third kappa shape index (κ3) is 9.84. The van der Waals surface area contributed by atoms with Gasteiger partial charge >= 0.3 is 11.9 Å². The fraction of sp³-hybridized carbons (Fsp3) is 0. The van der Waals surface area contributed by atoms with Gasteiger partial charge in [-0.1, -0.05) is 135 Å². The number of anilines is 2. The molecule has 8 rings (SSSR count). The van der Waals surface area contributed by atoms with Crippen molar-refractivity contribution >= 4 is 81.0 Å². The number of rotatable bonds is 13. The highest BCUT2D eigenvalue weighted by Crippen LogP contribution is 2.41. The molecule has 0 aliphatic carbocycles. The second-order valence-electron chi connectivity index (χ2n) is 14.6. The molecule has 310 valence electrons. The van der Waals surface area contributed by atoms with Gasteiger partial charge in [0, 0.05) is 11.4 Å². The molecule has 0 heterocycles. The lowest BCUT2D eigenvalue weighted by molar-refractivity contribution is -0.112. The predicted molar refractivity (Wildman–Crippen MR) is 258 cm³/mol. The van der Waals surface area contributed by atoms with Gasteiger partial charge in [0.1, 0.15) is 11.5 Å².